The second-order valence-corrected chi connectivity index (χ2v) is 7.13. The Labute approximate surface area is 152 Å². The van der Waals surface area contributed by atoms with Crippen LogP contribution in [-0.2, 0) is 4.74 Å². The van der Waals surface area contributed by atoms with Crippen molar-refractivity contribution in [2.45, 2.75) is 37.8 Å². The van der Waals surface area contributed by atoms with E-state index in [-0.39, 0.29) is 36.4 Å². The van der Waals surface area contributed by atoms with Crippen LogP contribution in [0.4, 0.5) is 0 Å². The van der Waals surface area contributed by atoms with E-state index >= 15 is 0 Å². The van der Waals surface area contributed by atoms with Gasteiger partial charge in [0.1, 0.15) is 0 Å². The summed E-state index contributed by atoms with van der Waals surface area (Å²) in [5.41, 5.74) is 1.08. The third-order valence-electron chi connectivity index (χ3n) is 5.28. The monoisotopic (exact) mass is 357 g/mol. The second-order valence-electron chi connectivity index (χ2n) is 7.13. The quantitative estimate of drug-likeness (QED) is 0.783. The largest absolute Gasteiger partial charge is 0.376 e. The van der Waals surface area contributed by atoms with Crippen molar-refractivity contribution in [2.24, 2.45) is 0 Å². The average Bonchev–Trinajstić information content (AvgIpc) is 3.25. The molecule has 2 atom stereocenters. The molecule has 0 saturated carbocycles. The lowest BCUT2D eigenvalue weighted by Gasteiger charge is -2.23. The van der Waals surface area contributed by atoms with Gasteiger partial charge in [-0.15, -0.1) is 0 Å². The average molecular weight is 357 g/mol. The molecule has 0 radical (unpaired) electrons. The molecule has 3 aliphatic rings. The molecule has 7 heteroatoms. The summed E-state index contributed by atoms with van der Waals surface area (Å²) in [6.07, 6.45) is 3.69. The molecule has 138 valence electrons. The Bertz CT molecular complexity index is 736. The van der Waals surface area contributed by atoms with Crippen LogP contribution in [0.1, 0.15) is 56.8 Å². The van der Waals surface area contributed by atoms with Crippen LogP contribution < -0.4 is 10.6 Å². The normalized spacial score (nSPS) is 25.5. The van der Waals surface area contributed by atoms with E-state index in [1.807, 2.05) is 0 Å². The number of piperidine rings is 1. The minimum absolute atomic E-state index is 0.0845. The summed E-state index contributed by atoms with van der Waals surface area (Å²) in [6, 6.07) is 4.83. The first-order valence-corrected chi connectivity index (χ1v) is 9.27. The first-order valence-electron chi connectivity index (χ1n) is 9.27. The maximum atomic E-state index is 12.7. The van der Waals surface area contributed by atoms with Gasteiger partial charge in [-0.3, -0.25) is 19.3 Å². The van der Waals surface area contributed by atoms with Crippen LogP contribution in [0.2, 0.25) is 0 Å². The summed E-state index contributed by atoms with van der Waals surface area (Å²) in [5.74, 6) is -0.849. The summed E-state index contributed by atoms with van der Waals surface area (Å²) in [4.78, 5) is 38.9. The molecular formula is C19H23N3O4. The van der Waals surface area contributed by atoms with Crippen LogP contribution in [0.3, 0.4) is 0 Å². The zero-order valence-corrected chi connectivity index (χ0v) is 14.6. The molecule has 1 aromatic rings. The molecule has 2 unspecified atom stereocenters. The number of carbonyl (C=O) groups excluding carboxylic acids is 3. The third-order valence-corrected chi connectivity index (χ3v) is 5.28. The van der Waals surface area contributed by atoms with Crippen molar-refractivity contribution < 1.29 is 19.1 Å². The van der Waals surface area contributed by atoms with Crippen LogP contribution >= 0.6 is 0 Å². The molecular weight excluding hydrogens is 334 g/mol. The first-order chi connectivity index (χ1) is 12.6. The standard InChI is InChI=1S/C19H23N3O4/c23-17(21-13-3-1-7-20-10-13)12-5-6-15-16(9-12)19(25)22(18(15)24)11-14-4-2-8-26-14/h5-6,9,13-14,20H,1-4,7-8,10-11H2,(H,21,23). The zero-order chi connectivity index (χ0) is 18.1. The van der Waals surface area contributed by atoms with Crippen molar-refractivity contribution >= 4 is 17.7 Å². The number of fused-ring (bicyclic) bond motifs is 1. The molecule has 2 fully saturated rings. The van der Waals surface area contributed by atoms with Crippen molar-refractivity contribution in [1.29, 1.82) is 0 Å². The summed E-state index contributed by atoms with van der Waals surface area (Å²) in [6.45, 7) is 2.68. The van der Waals surface area contributed by atoms with Crippen molar-refractivity contribution in [3.05, 3.63) is 34.9 Å². The van der Waals surface area contributed by atoms with Gasteiger partial charge in [0.15, 0.2) is 0 Å². The van der Waals surface area contributed by atoms with Crippen LogP contribution in [0.25, 0.3) is 0 Å². The molecule has 3 aliphatic heterocycles. The Kier molecular flexibility index (Phi) is 4.74. The third kappa shape index (κ3) is 3.24. The summed E-state index contributed by atoms with van der Waals surface area (Å²) in [7, 11) is 0. The number of benzene rings is 1. The molecule has 3 amide bonds. The van der Waals surface area contributed by atoms with Crippen molar-refractivity contribution in [2.75, 3.05) is 26.2 Å². The van der Waals surface area contributed by atoms with Gasteiger partial charge in [-0.05, 0) is 50.4 Å². The van der Waals surface area contributed by atoms with Crippen LogP contribution in [0, 0.1) is 0 Å². The molecule has 3 heterocycles. The van der Waals surface area contributed by atoms with E-state index in [1.165, 1.54) is 11.0 Å². The van der Waals surface area contributed by atoms with Gasteiger partial charge in [0, 0.05) is 24.8 Å². The zero-order valence-electron chi connectivity index (χ0n) is 14.6. The van der Waals surface area contributed by atoms with Gasteiger partial charge >= 0.3 is 0 Å². The molecule has 2 saturated heterocycles. The molecule has 0 bridgehead atoms. The minimum Gasteiger partial charge on any atom is -0.376 e. The van der Waals surface area contributed by atoms with Gasteiger partial charge in [-0.1, -0.05) is 0 Å². The Hall–Kier alpha value is -2.25. The number of nitrogens with zero attached hydrogens (tertiary/aromatic N) is 1. The second kappa shape index (κ2) is 7.17. The van der Waals surface area contributed by atoms with Gasteiger partial charge in [0.25, 0.3) is 17.7 Å². The maximum absolute atomic E-state index is 12.7. The number of hydrogen-bond donors (Lipinski definition) is 2. The number of rotatable bonds is 4. The van der Waals surface area contributed by atoms with Crippen LogP contribution in [0.15, 0.2) is 18.2 Å². The number of nitrogens with one attached hydrogen (secondary N) is 2. The Morgan fingerprint density at radius 2 is 2.04 bits per heavy atom. The van der Waals surface area contributed by atoms with E-state index in [2.05, 4.69) is 10.6 Å². The fourth-order valence-corrected chi connectivity index (χ4v) is 3.83. The minimum atomic E-state index is -0.338. The fourth-order valence-electron chi connectivity index (χ4n) is 3.83. The predicted octanol–water partition coefficient (Wildman–Crippen LogP) is 0.943. The van der Waals surface area contributed by atoms with Gasteiger partial charge < -0.3 is 15.4 Å². The molecule has 7 nitrogen and oxygen atoms in total. The van der Waals surface area contributed by atoms with Crippen molar-refractivity contribution in [3.8, 4) is 0 Å². The van der Waals surface area contributed by atoms with Gasteiger partial charge in [-0.25, -0.2) is 0 Å². The predicted molar refractivity (Wildman–Crippen MR) is 94.1 cm³/mol. The highest BCUT2D eigenvalue weighted by Gasteiger charge is 2.38. The molecule has 1 aromatic carbocycles. The summed E-state index contributed by atoms with van der Waals surface area (Å²) < 4.78 is 5.54. The van der Waals surface area contributed by atoms with E-state index in [9.17, 15) is 14.4 Å². The van der Waals surface area contributed by atoms with Gasteiger partial charge in [0.2, 0.25) is 0 Å². The number of carbonyl (C=O) groups is 3. The number of ether oxygens (including phenoxy) is 1. The van der Waals surface area contributed by atoms with Crippen molar-refractivity contribution in [1.82, 2.24) is 15.5 Å². The molecule has 0 aromatic heterocycles. The summed E-state index contributed by atoms with van der Waals surface area (Å²) >= 11 is 0. The molecule has 2 N–H and O–H groups in total. The van der Waals surface area contributed by atoms with Crippen LogP contribution in [0.5, 0.6) is 0 Å². The Morgan fingerprint density at radius 1 is 1.19 bits per heavy atom. The molecule has 26 heavy (non-hydrogen) atoms. The number of hydrogen-bond acceptors (Lipinski definition) is 5. The van der Waals surface area contributed by atoms with E-state index in [0.29, 0.717) is 23.3 Å². The Morgan fingerprint density at radius 3 is 2.77 bits per heavy atom. The topological polar surface area (TPSA) is 87.7 Å². The van der Waals surface area contributed by atoms with Crippen molar-refractivity contribution in [3.63, 3.8) is 0 Å². The number of amides is 3. The smallest absolute Gasteiger partial charge is 0.261 e. The van der Waals surface area contributed by atoms with E-state index in [4.69, 9.17) is 4.74 Å². The lowest BCUT2D eigenvalue weighted by atomic mass is 10.0. The lowest BCUT2D eigenvalue weighted by Crippen LogP contribution is -2.45. The van der Waals surface area contributed by atoms with E-state index in [1.54, 1.807) is 12.1 Å². The van der Waals surface area contributed by atoms with Crippen LogP contribution in [-0.4, -0.2) is 61.0 Å². The summed E-state index contributed by atoms with van der Waals surface area (Å²) in [5, 5.41) is 6.25. The van der Waals surface area contributed by atoms with E-state index in [0.717, 1.165) is 38.8 Å². The maximum Gasteiger partial charge on any atom is 0.261 e. The highest BCUT2D eigenvalue weighted by atomic mass is 16.5. The number of imide groups is 1. The first kappa shape index (κ1) is 17.2. The lowest BCUT2D eigenvalue weighted by molar-refractivity contribution is 0.0475. The highest BCUT2D eigenvalue weighted by molar-refractivity contribution is 6.22. The highest BCUT2D eigenvalue weighted by Crippen LogP contribution is 2.26. The molecule has 0 spiro atoms. The SMILES string of the molecule is O=C(NC1CCCNC1)c1ccc2c(c1)C(=O)N(CC1CCCO1)C2=O. The van der Waals surface area contributed by atoms with E-state index < -0.39 is 0 Å². The molecule has 0 aliphatic carbocycles. The Balaban J connectivity index is 1.48. The molecule has 4 rings (SSSR count). The fraction of sp³-hybridized carbons (Fsp3) is 0.526. The van der Waals surface area contributed by atoms with Gasteiger partial charge in [-0.2, -0.15) is 0 Å². The van der Waals surface area contributed by atoms with Gasteiger partial charge in [0.05, 0.1) is 23.8 Å².